The summed E-state index contributed by atoms with van der Waals surface area (Å²) in [5.74, 6) is 0. The molecule has 1 fully saturated rings. The first-order chi connectivity index (χ1) is 16.8. The largest absolute Gasteiger partial charge is 0.376 e. The molecule has 11 nitrogen and oxygen atoms in total. The monoisotopic (exact) mass is 496 g/mol. The first-order valence-electron chi connectivity index (χ1n) is 11.0. The Morgan fingerprint density at radius 1 is 1.14 bits per heavy atom. The van der Waals surface area contributed by atoms with Gasteiger partial charge in [-0.05, 0) is 29.7 Å². The fourth-order valence-electron chi connectivity index (χ4n) is 3.94. The first kappa shape index (κ1) is 23.3. The van der Waals surface area contributed by atoms with Gasteiger partial charge in [-0.3, -0.25) is 14.5 Å². The summed E-state index contributed by atoms with van der Waals surface area (Å²) >= 11 is 0. The molecule has 1 aliphatic heterocycles. The summed E-state index contributed by atoms with van der Waals surface area (Å²) < 4.78 is 40.4. The Kier molecular flexibility index (Phi) is 6.19. The molecular formula is C23H24N6O5S. The third kappa shape index (κ3) is 4.86. The zero-order valence-corrected chi connectivity index (χ0v) is 20.0. The highest BCUT2D eigenvalue weighted by Gasteiger charge is 2.24. The summed E-state index contributed by atoms with van der Waals surface area (Å²) in [5.41, 5.74) is 1.80. The summed E-state index contributed by atoms with van der Waals surface area (Å²) in [6.07, 6.45) is 2.91. The molecule has 2 aromatic carbocycles. The van der Waals surface area contributed by atoms with Crippen molar-refractivity contribution in [2.45, 2.75) is 6.10 Å². The number of hydrogen-bond acceptors (Lipinski definition) is 8. The van der Waals surface area contributed by atoms with Gasteiger partial charge in [0.25, 0.3) is 0 Å². The maximum absolute atomic E-state index is 13.5. The standard InChI is InChI=1S/C23H24N6O5S/c1-28(13-18-14-33-7-8-34-18)35(31,32)27-17-5-3-15-4-6-21-20(23(30)19(15)10-17)9-16(11-24-21)22-12-25-29(2)26-22/h3-6,9-12,18,27H,7-8,13-14H2,1-2H3/t18-/m1/s1. The van der Waals surface area contributed by atoms with E-state index in [1.807, 2.05) is 0 Å². The van der Waals surface area contributed by atoms with Gasteiger partial charge >= 0.3 is 10.2 Å². The zero-order chi connectivity index (χ0) is 24.6. The van der Waals surface area contributed by atoms with E-state index in [4.69, 9.17) is 9.47 Å². The van der Waals surface area contributed by atoms with Crippen LogP contribution in [0.3, 0.4) is 0 Å². The van der Waals surface area contributed by atoms with Crippen molar-refractivity contribution in [3.8, 4) is 11.3 Å². The fourth-order valence-corrected chi connectivity index (χ4v) is 4.88. The number of rotatable bonds is 6. The second kappa shape index (κ2) is 9.30. The number of likely N-dealkylation sites (N-methyl/N-ethyl adjacent to an activating group) is 1. The van der Waals surface area contributed by atoms with Gasteiger partial charge in [-0.25, -0.2) is 0 Å². The number of aryl methyl sites for hydroxylation is 1. The molecule has 0 spiro atoms. The van der Waals surface area contributed by atoms with Gasteiger partial charge in [-0.15, -0.1) is 0 Å². The van der Waals surface area contributed by atoms with Crippen molar-refractivity contribution in [3.05, 3.63) is 59.0 Å². The van der Waals surface area contributed by atoms with Crippen LogP contribution in [0.2, 0.25) is 0 Å². The van der Waals surface area contributed by atoms with Gasteiger partial charge in [0.15, 0.2) is 5.43 Å². The predicted molar refractivity (Wildman–Crippen MR) is 131 cm³/mol. The van der Waals surface area contributed by atoms with Crippen LogP contribution in [0.4, 0.5) is 5.69 Å². The lowest BCUT2D eigenvalue weighted by atomic mass is 10.1. The quantitative estimate of drug-likeness (QED) is 0.426. The van der Waals surface area contributed by atoms with E-state index in [2.05, 4.69) is 19.9 Å². The number of nitrogens with one attached hydrogen (secondary N) is 1. The molecule has 1 aliphatic rings. The molecule has 2 aromatic heterocycles. The van der Waals surface area contributed by atoms with E-state index in [0.29, 0.717) is 52.8 Å². The molecule has 1 atom stereocenters. The molecule has 0 radical (unpaired) electrons. The van der Waals surface area contributed by atoms with Crippen LogP contribution >= 0.6 is 0 Å². The molecule has 1 N–H and O–H groups in total. The Labute approximate surface area is 201 Å². The van der Waals surface area contributed by atoms with Crippen molar-refractivity contribution >= 4 is 37.6 Å². The van der Waals surface area contributed by atoms with Gasteiger partial charge in [0, 0.05) is 43.2 Å². The number of anilines is 1. The molecule has 182 valence electrons. The second-order valence-corrected chi connectivity index (χ2v) is 10.1. The van der Waals surface area contributed by atoms with Crippen molar-refractivity contribution in [1.82, 2.24) is 24.3 Å². The van der Waals surface area contributed by atoms with Crippen LogP contribution in [0.1, 0.15) is 0 Å². The number of benzene rings is 1. The second-order valence-electron chi connectivity index (χ2n) is 8.30. The molecule has 5 rings (SSSR count). The topological polar surface area (TPSA) is 129 Å². The van der Waals surface area contributed by atoms with Gasteiger partial charge in [0.05, 0.1) is 43.3 Å². The van der Waals surface area contributed by atoms with Crippen LogP contribution < -0.4 is 10.2 Å². The Morgan fingerprint density at radius 2 is 1.97 bits per heavy atom. The zero-order valence-electron chi connectivity index (χ0n) is 19.2. The summed E-state index contributed by atoms with van der Waals surface area (Å²) in [4.78, 5) is 19.4. The molecule has 0 unspecified atom stereocenters. The number of aromatic nitrogens is 4. The lowest BCUT2D eigenvalue weighted by Gasteiger charge is -2.27. The summed E-state index contributed by atoms with van der Waals surface area (Å²) in [7, 11) is -0.704. The van der Waals surface area contributed by atoms with Crippen molar-refractivity contribution < 1.29 is 17.9 Å². The fraction of sp³-hybridized carbons (Fsp3) is 0.304. The van der Waals surface area contributed by atoms with E-state index < -0.39 is 10.2 Å². The molecule has 4 aromatic rings. The van der Waals surface area contributed by atoms with E-state index >= 15 is 0 Å². The average molecular weight is 497 g/mol. The van der Waals surface area contributed by atoms with Crippen molar-refractivity contribution in [2.24, 2.45) is 7.05 Å². The van der Waals surface area contributed by atoms with E-state index in [0.717, 1.165) is 0 Å². The highest BCUT2D eigenvalue weighted by Crippen LogP contribution is 2.23. The van der Waals surface area contributed by atoms with Crippen molar-refractivity contribution in [1.29, 1.82) is 0 Å². The Hall–Kier alpha value is -3.45. The third-order valence-corrected chi connectivity index (χ3v) is 7.24. The van der Waals surface area contributed by atoms with Crippen LogP contribution in [0.15, 0.2) is 53.6 Å². The Morgan fingerprint density at radius 3 is 2.71 bits per heavy atom. The van der Waals surface area contributed by atoms with Crippen molar-refractivity contribution in [3.63, 3.8) is 0 Å². The minimum atomic E-state index is -3.88. The summed E-state index contributed by atoms with van der Waals surface area (Å²) in [5, 5.41) is 9.77. The van der Waals surface area contributed by atoms with Gasteiger partial charge < -0.3 is 9.47 Å². The highest BCUT2D eigenvalue weighted by molar-refractivity contribution is 7.90. The summed E-state index contributed by atoms with van der Waals surface area (Å²) in [6, 6.07) is 10.1. The third-order valence-electron chi connectivity index (χ3n) is 5.78. The van der Waals surface area contributed by atoms with Gasteiger partial charge in [-0.2, -0.15) is 27.7 Å². The molecule has 3 heterocycles. The van der Waals surface area contributed by atoms with E-state index in [1.54, 1.807) is 49.8 Å². The van der Waals surface area contributed by atoms with Gasteiger partial charge in [0.1, 0.15) is 5.69 Å². The van der Waals surface area contributed by atoms with Crippen LogP contribution in [0.5, 0.6) is 0 Å². The van der Waals surface area contributed by atoms with Gasteiger partial charge in [-0.1, -0.05) is 12.1 Å². The number of hydrogen-bond donors (Lipinski definition) is 1. The summed E-state index contributed by atoms with van der Waals surface area (Å²) in [6.45, 7) is 1.42. The molecule has 0 aliphatic carbocycles. The van der Waals surface area contributed by atoms with Crippen LogP contribution in [-0.4, -0.2) is 72.2 Å². The molecule has 35 heavy (non-hydrogen) atoms. The van der Waals surface area contributed by atoms with Crippen LogP contribution in [0.25, 0.3) is 32.9 Å². The minimum Gasteiger partial charge on any atom is -0.376 e. The van der Waals surface area contributed by atoms with Crippen molar-refractivity contribution in [2.75, 3.05) is 38.1 Å². The first-order valence-corrected chi connectivity index (χ1v) is 12.4. The van der Waals surface area contributed by atoms with E-state index in [9.17, 15) is 13.2 Å². The maximum Gasteiger partial charge on any atom is 0.301 e. The number of ether oxygens (including phenoxy) is 2. The molecule has 0 bridgehead atoms. The Balaban J connectivity index is 1.50. The number of fused-ring (bicyclic) bond motifs is 2. The molecule has 1 saturated heterocycles. The van der Waals surface area contributed by atoms with Gasteiger partial charge in [0.2, 0.25) is 0 Å². The SMILES string of the molecule is CN(C[C@@H]1COCCO1)S(=O)(=O)Nc1ccc2ccc3ncc(-c4cnn(C)n4)cc3c(=O)c2c1. The van der Waals surface area contributed by atoms with Crippen LogP contribution in [-0.2, 0) is 26.7 Å². The van der Waals surface area contributed by atoms with E-state index in [1.165, 1.54) is 22.2 Å². The normalized spacial score (nSPS) is 16.7. The maximum atomic E-state index is 13.5. The van der Waals surface area contributed by atoms with E-state index in [-0.39, 0.29) is 23.8 Å². The smallest absolute Gasteiger partial charge is 0.301 e. The number of pyridine rings is 1. The number of nitrogens with zero attached hydrogens (tertiary/aromatic N) is 5. The lowest BCUT2D eigenvalue weighted by molar-refractivity contribution is -0.0908. The highest BCUT2D eigenvalue weighted by atomic mass is 32.2. The molecular weight excluding hydrogens is 472 g/mol. The predicted octanol–water partition coefficient (Wildman–Crippen LogP) is 1.55. The minimum absolute atomic E-state index is 0.145. The molecule has 0 saturated carbocycles. The molecule has 0 amide bonds. The van der Waals surface area contributed by atoms with Crippen LogP contribution in [0, 0.1) is 0 Å². The Bertz CT molecular complexity index is 1570. The average Bonchev–Trinajstić information content (AvgIpc) is 3.23. The molecule has 12 heteroatoms. The lowest BCUT2D eigenvalue weighted by Crippen LogP contribution is -2.42.